The van der Waals surface area contributed by atoms with E-state index in [-0.39, 0.29) is 13.0 Å². The zero-order valence-electron chi connectivity index (χ0n) is 12.6. The SMILES string of the molecule is O=C(OCc1ccccc1)N1CC[C@@H](O)[C@@H](O)c2ccccc21. The normalized spacial score (nSPS) is 20.5. The zero-order chi connectivity index (χ0) is 16.2. The Hall–Kier alpha value is -2.37. The second-order valence-corrected chi connectivity index (χ2v) is 5.55. The van der Waals surface area contributed by atoms with Crippen molar-refractivity contribution in [3.63, 3.8) is 0 Å². The Morgan fingerprint density at radius 1 is 1.09 bits per heavy atom. The van der Waals surface area contributed by atoms with Gasteiger partial charge in [-0.2, -0.15) is 0 Å². The topological polar surface area (TPSA) is 70.0 Å². The van der Waals surface area contributed by atoms with Crippen LogP contribution in [0.4, 0.5) is 10.5 Å². The molecule has 0 radical (unpaired) electrons. The van der Waals surface area contributed by atoms with E-state index >= 15 is 0 Å². The number of benzene rings is 2. The van der Waals surface area contributed by atoms with Crippen LogP contribution in [0.1, 0.15) is 23.7 Å². The summed E-state index contributed by atoms with van der Waals surface area (Å²) in [4.78, 5) is 13.9. The minimum Gasteiger partial charge on any atom is -0.444 e. The lowest BCUT2D eigenvalue weighted by atomic mass is 10.0. The van der Waals surface area contributed by atoms with Gasteiger partial charge in [0.15, 0.2) is 0 Å². The molecule has 1 amide bonds. The Balaban J connectivity index is 1.78. The lowest BCUT2D eigenvalue weighted by Gasteiger charge is -2.22. The number of amides is 1. The average molecular weight is 313 g/mol. The number of hydrogen-bond acceptors (Lipinski definition) is 4. The van der Waals surface area contributed by atoms with Crippen LogP contribution in [0.2, 0.25) is 0 Å². The Kier molecular flexibility index (Phi) is 4.60. The van der Waals surface area contributed by atoms with Crippen LogP contribution < -0.4 is 4.90 Å². The maximum absolute atomic E-state index is 12.4. The number of ether oxygens (including phenoxy) is 1. The van der Waals surface area contributed by atoms with Crippen LogP contribution >= 0.6 is 0 Å². The fourth-order valence-corrected chi connectivity index (χ4v) is 2.72. The molecule has 0 saturated carbocycles. The van der Waals surface area contributed by atoms with Crippen molar-refractivity contribution in [1.29, 1.82) is 0 Å². The maximum atomic E-state index is 12.4. The third-order valence-corrected chi connectivity index (χ3v) is 3.98. The van der Waals surface area contributed by atoms with Crippen molar-refractivity contribution in [2.45, 2.75) is 25.2 Å². The molecule has 2 aromatic carbocycles. The molecule has 0 bridgehead atoms. The number of para-hydroxylation sites is 1. The van der Waals surface area contributed by atoms with Gasteiger partial charge in [0.1, 0.15) is 12.7 Å². The summed E-state index contributed by atoms with van der Waals surface area (Å²) in [5, 5.41) is 20.2. The summed E-state index contributed by atoms with van der Waals surface area (Å²) in [7, 11) is 0. The highest BCUT2D eigenvalue weighted by Gasteiger charge is 2.31. The van der Waals surface area contributed by atoms with E-state index in [2.05, 4.69) is 0 Å². The lowest BCUT2D eigenvalue weighted by molar-refractivity contribution is 0.0175. The molecule has 23 heavy (non-hydrogen) atoms. The number of aliphatic hydroxyl groups excluding tert-OH is 2. The smallest absolute Gasteiger partial charge is 0.414 e. The summed E-state index contributed by atoms with van der Waals surface area (Å²) in [5.74, 6) is 0. The maximum Gasteiger partial charge on any atom is 0.414 e. The number of aliphatic hydroxyl groups is 2. The Labute approximate surface area is 134 Å². The van der Waals surface area contributed by atoms with Gasteiger partial charge in [-0.05, 0) is 18.1 Å². The van der Waals surface area contributed by atoms with Crippen LogP contribution in [0.3, 0.4) is 0 Å². The van der Waals surface area contributed by atoms with Crippen LogP contribution in [-0.2, 0) is 11.3 Å². The molecule has 2 aromatic rings. The summed E-state index contributed by atoms with van der Waals surface area (Å²) in [6, 6.07) is 16.5. The molecule has 1 aliphatic rings. The fourth-order valence-electron chi connectivity index (χ4n) is 2.72. The summed E-state index contributed by atoms with van der Waals surface area (Å²) in [5.41, 5.74) is 2.02. The van der Waals surface area contributed by atoms with Crippen molar-refractivity contribution < 1.29 is 19.7 Å². The van der Waals surface area contributed by atoms with Gasteiger partial charge in [-0.3, -0.25) is 4.90 Å². The first-order valence-corrected chi connectivity index (χ1v) is 7.60. The first kappa shape index (κ1) is 15.5. The highest BCUT2D eigenvalue weighted by atomic mass is 16.6. The highest BCUT2D eigenvalue weighted by molar-refractivity contribution is 5.89. The number of nitrogens with zero attached hydrogens (tertiary/aromatic N) is 1. The largest absolute Gasteiger partial charge is 0.444 e. The summed E-state index contributed by atoms with van der Waals surface area (Å²) in [6.45, 7) is 0.478. The fraction of sp³-hybridized carbons (Fsp3) is 0.278. The predicted octanol–water partition coefficient (Wildman–Crippen LogP) is 2.63. The molecule has 1 aliphatic heterocycles. The summed E-state index contributed by atoms with van der Waals surface area (Å²) < 4.78 is 5.37. The molecule has 5 heteroatoms. The number of rotatable bonds is 2. The second-order valence-electron chi connectivity index (χ2n) is 5.55. The minimum atomic E-state index is -1.00. The Morgan fingerprint density at radius 3 is 2.57 bits per heavy atom. The number of anilines is 1. The van der Waals surface area contributed by atoms with Crippen molar-refractivity contribution in [2.75, 3.05) is 11.4 Å². The number of carbonyl (C=O) groups excluding carboxylic acids is 1. The molecular weight excluding hydrogens is 294 g/mol. The standard InChI is InChI=1S/C18H19NO4/c20-16-10-11-19(15-9-5-4-8-14(15)17(16)21)18(22)23-12-13-6-2-1-3-7-13/h1-9,16-17,20-21H,10-12H2/t16-,17+/m1/s1. The van der Waals surface area contributed by atoms with Crippen molar-refractivity contribution in [1.82, 2.24) is 0 Å². The molecule has 2 N–H and O–H groups in total. The van der Waals surface area contributed by atoms with Crippen molar-refractivity contribution >= 4 is 11.8 Å². The van der Waals surface area contributed by atoms with Gasteiger partial charge >= 0.3 is 6.09 Å². The van der Waals surface area contributed by atoms with Crippen LogP contribution in [0.5, 0.6) is 0 Å². The molecule has 0 aliphatic carbocycles. The first-order valence-electron chi connectivity index (χ1n) is 7.60. The molecule has 120 valence electrons. The molecule has 0 saturated heterocycles. The van der Waals surface area contributed by atoms with Crippen LogP contribution in [0.25, 0.3) is 0 Å². The second kappa shape index (κ2) is 6.81. The van der Waals surface area contributed by atoms with Crippen molar-refractivity contribution in [3.8, 4) is 0 Å². The van der Waals surface area contributed by atoms with Gasteiger partial charge < -0.3 is 14.9 Å². The molecule has 2 atom stereocenters. The molecule has 0 spiro atoms. The highest BCUT2D eigenvalue weighted by Crippen LogP contribution is 2.33. The third kappa shape index (κ3) is 3.36. The monoisotopic (exact) mass is 313 g/mol. The van der Waals surface area contributed by atoms with Crippen molar-refractivity contribution in [3.05, 3.63) is 65.7 Å². The molecule has 0 aromatic heterocycles. The van der Waals surface area contributed by atoms with E-state index in [0.717, 1.165) is 5.56 Å². The van der Waals surface area contributed by atoms with E-state index in [1.807, 2.05) is 30.3 Å². The van der Waals surface area contributed by atoms with Crippen LogP contribution in [-0.4, -0.2) is 29.0 Å². The summed E-state index contributed by atoms with van der Waals surface area (Å²) >= 11 is 0. The van der Waals surface area contributed by atoms with E-state index < -0.39 is 18.3 Å². The zero-order valence-corrected chi connectivity index (χ0v) is 12.6. The van der Waals surface area contributed by atoms with Gasteiger partial charge in [-0.25, -0.2) is 4.79 Å². The Bertz CT molecular complexity index is 674. The van der Waals surface area contributed by atoms with E-state index in [9.17, 15) is 15.0 Å². The van der Waals surface area contributed by atoms with E-state index in [1.165, 1.54) is 4.90 Å². The molecule has 5 nitrogen and oxygen atoms in total. The molecule has 3 rings (SSSR count). The number of hydrogen-bond donors (Lipinski definition) is 2. The van der Waals surface area contributed by atoms with Crippen LogP contribution in [0.15, 0.2) is 54.6 Å². The van der Waals surface area contributed by atoms with E-state index in [1.54, 1.807) is 24.3 Å². The van der Waals surface area contributed by atoms with Gasteiger partial charge in [0.05, 0.1) is 11.8 Å². The average Bonchev–Trinajstić information content (AvgIpc) is 2.72. The lowest BCUT2D eigenvalue weighted by Crippen LogP contribution is -2.32. The third-order valence-electron chi connectivity index (χ3n) is 3.98. The molecular formula is C18H19NO4. The van der Waals surface area contributed by atoms with Gasteiger partial charge in [0.25, 0.3) is 0 Å². The van der Waals surface area contributed by atoms with Gasteiger partial charge in [0.2, 0.25) is 0 Å². The van der Waals surface area contributed by atoms with E-state index in [0.29, 0.717) is 17.8 Å². The van der Waals surface area contributed by atoms with Crippen molar-refractivity contribution in [2.24, 2.45) is 0 Å². The van der Waals surface area contributed by atoms with Crippen LogP contribution in [0, 0.1) is 0 Å². The predicted molar refractivity (Wildman–Crippen MR) is 86.0 cm³/mol. The Morgan fingerprint density at radius 2 is 1.78 bits per heavy atom. The number of carbonyl (C=O) groups is 1. The molecule has 0 unspecified atom stereocenters. The summed E-state index contributed by atoms with van der Waals surface area (Å²) in [6.07, 6.45) is -2.10. The molecule has 1 heterocycles. The quantitative estimate of drug-likeness (QED) is 0.894. The molecule has 0 fully saturated rings. The van der Waals surface area contributed by atoms with Gasteiger partial charge in [-0.15, -0.1) is 0 Å². The van der Waals surface area contributed by atoms with Gasteiger partial charge in [-0.1, -0.05) is 48.5 Å². The van der Waals surface area contributed by atoms with Gasteiger partial charge in [0, 0.05) is 12.1 Å². The number of fused-ring (bicyclic) bond motifs is 1. The van der Waals surface area contributed by atoms with E-state index in [4.69, 9.17) is 4.74 Å². The minimum absolute atomic E-state index is 0.184. The first-order chi connectivity index (χ1) is 11.2.